The number of amides is 3. The Morgan fingerprint density at radius 3 is 1.68 bits per heavy atom. The summed E-state index contributed by atoms with van der Waals surface area (Å²) in [5, 5.41) is 17.4. The van der Waals surface area contributed by atoms with E-state index in [2.05, 4.69) is 16.0 Å². The minimum absolute atomic E-state index is 0.0702. The molecule has 4 unspecified atom stereocenters. The second-order valence-electron chi connectivity index (χ2n) is 8.61. The van der Waals surface area contributed by atoms with Gasteiger partial charge in [-0.2, -0.15) is 23.5 Å². The fourth-order valence-electron chi connectivity index (χ4n) is 3.16. The highest BCUT2D eigenvalue weighted by Crippen LogP contribution is 2.09. The first-order valence-corrected chi connectivity index (χ1v) is 14.4. The van der Waals surface area contributed by atoms with E-state index in [1.165, 1.54) is 23.5 Å². The van der Waals surface area contributed by atoms with E-state index in [0.29, 0.717) is 43.7 Å². The average molecular weight is 522 g/mol. The second-order valence-corrected chi connectivity index (χ2v) is 10.6. The number of hydrogen-bond acceptors (Lipinski definition) is 8. The summed E-state index contributed by atoms with van der Waals surface area (Å²) >= 11 is 3.04. The maximum Gasteiger partial charge on any atom is 0.326 e. The first-order valence-electron chi connectivity index (χ1n) is 11.6. The predicted octanol–water partition coefficient (Wildman–Crippen LogP) is 0.534. The largest absolute Gasteiger partial charge is 0.480 e. The van der Waals surface area contributed by atoms with E-state index in [4.69, 9.17) is 11.5 Å². The minimum atomic E-state index is -1.12. The first-order chi connectivity index (χ1) is 16.1. The van der Waals surface area contributed by atoms with Crippen LogP contribution in [-0.4, -0.2) is 83.5 Å². The Morgan fingerprint density at radius 1 is 0.794 bits per heavy atom. The van der Waals surface area contributed by atoms with Crippen molar-refractivity contribution in [2.75, 3.05) is 30.6 Å². The van der Waals surface area contributed by atoms with Gasteiger partial charge in [-0.05, 0) is 68.6 Å². The molecule has 10 nitrogen and oxygen atoms in total. The fraction of sp³-hybridized carbons (Fsp3) is 0.818. The number of thioether (sulfide) groups is 2. The highest BCUT2D eigenvalue weighted by Gasteiger charge is 2.30. The molecule has 0 aliphatic heterocycles. The van der Waals surface area contributed by atoms with Gasteiger partial charge in [-0.3, -0.25) is 14.4 Å². The van der Waals surface area contributed by atoms with Crippen LogP contribution in [0.25, 0.3) is 0 Å². The highest BCUT2D eigenvalue weighted by molar-refractivity contribution is 7.98. The zero-order chi connectivity index (χ0) is 26.1. The van der Waals surface area contributed by atoms with Crippen LogP contribution in [0.1, 0.15) is 52.4 Å². The standard InChI is InChI=1S/C22H43N5O5S2/c1-14(2)13-18(22(31)32)27-21(30)17(9-12-34-4)26-20(29)16(8-11-33-3)25-19(28)15(24)7-5-6-10-23/h14-18H,5-13,23-24H2,1-4H3,(H,25,28)(H,26,29)(H,27,30)(H,31,32). The summed E-state index contributed by atoms with van der Waals surface area (Å²) in [5.41, 5.74) is 11.4. The van der Waals surface area contributed by atoms with Gasteiger partial charge in [0.25, 0.3) is 0 Å². The molecule has 0 heterocycles. The quantitative estimate of drug-likeness (QED) is 0.132. The maximum absolute atomic E-state index is 13.0. The molecule has 4 atom stereocenters. The fourth-order valence-corrected chi connectivity index (χ4v) is 4.11. The van der Waals surface area contributed by atoms with E-state index >= 15 is 0 Å². The number of aliphatic carboxylic acids is 1. The summed E-state index contributed by atoms with van der Waals surface area (Å²) in [6.07, 6.45) is 6.69. The van der Waals surface area contributed by atoms with Crippen molar-refractivity contribution in [1.29, 1.82) is 0 Å². The lowest BCUT2D eigenvalue weighted by atomic mass is 10.0. The molecule has 0 aromatic heterocycles. The number of hydrogen-bond donors (Lipinski definition) is 6. The van der Waals surface area contributed by atoms with Crippen LogP contribution in [0.4, 0.5) is 0 Å². The molecule has 0 aromatic rings. The summed E-state index contributed by atoms with van der Waals surface area (Å²) in [7, 11) is 0. The van der Waals surface area contributed by atoms with Crippen molar-refractivity contribution >= 4 is 47.2 Å². The predicted molar refractivity (Wildman–Crippen MR) is 140 cm³/mol. The first kappa shape index (κ1) is 32.5. The van der Waals surface area contributed by atoms with Crippen LogP contribution < -0.4 is 27.4 Å². The van der Waals surface area contributed by atoms with Gasteiger partial charge in [0.15, 0.2) is 0 Å². The molecule has 0 saturated heterocycles. The Labute approximate surface area is 211 Å². The monoisotopic (exact) mass is 521 g/mol. The van der Waals surface area contributed by atoms with E-state index in [1.54, 1.807) is 0 Å². The number of nitrogens with two attached hydrogens (primary N) is 2. The molecule has 12 heteroatoms. The minimum Gasteiger partial charge on any atom is -0.480 e. The summed E-state index contributed by atoms with van der Waals surface area (Å²) in [6.45, 7) is 4.26. The summed E-state index contributed by atoms with van der Waals surface area (Å²) in [6, 6.07) is -3.56. The number of carbonyl (C=O) groups excluding carboxylic acids is 3. The molecule has 0 aliphatic carbocycles. The Kier molecular flexibility index (Phi) is 18.0. The number of rotatable bonds is 19. The lowest BCUT2D eigenvalue weighted by molar-refractivity contribution is -0.142. The molecule has 198 valence electrons. The number of carboxylic acid groups (broad SMARTS) is 1. The molecule has 0 saturated carbocycles. The third-order valence-corrected chi connectivity index (χ3v) is 6.40. The Morgan fingerprint density at radius 2 is 1.26 bits per heavy atom. The summed E-state index contributed by atoms with van der Waals surface area (Å²) < 4.78 is 0. The van der Waals surface area contributed by atoms with Gasteiger partial charge >= 0.3 is 5.97 Å². The molecule has 0 bridgehead atoms. The van der Waals surface area contributed by atoms with Gasteiger partial charge in [-0.1, -0.05) is 20.3 Å². The Bertz CT molecular complexity index is 639. The Balaban J connectivity index is 5.34. The average Bonchev–Trinajstić information content (AvgIpc) is 2.78. The third-order valence-electron chi connectivity index (χ3n) is 5.11. The lowest BCUT2D eigenvalue weighted by Gasteiger charge is -2.25. The molecule has 0 aliphatic rings. The third kappa shape index (κ3) is 14.0. The molecule has 8 N–H and O–H groups in total. The number of nitrogens with one attached hydrogen (secondary N) is 3. The van der Waals surface area contributed by atoms with E-state index in [9.17, 15) is 24.3 Å². The Hall–Kier alpha value is -1.50. The van der Waals surface area contributed by atoms with Gasteiger partial charge in [0, 0.05) is 0 Å². The van der Waals surface area contributed by atoms with Crippen molar-refractivity contribution in [2.24, 2.45) is 17.4 Å². The van der Waals surface area contributed by atoms with Gasteiger partial charge in [0.05, 0.1) is 6.04 Å². The zero-order valence-corrected chi connectivity index (χ0v) is 22.4. The van der Waals surface area contributed by atoms with Gasteiger partial charge in [-0.15, -0.1) is 0 Å². The molecule has 0 fully saturated rings. The van der Waals surface area contributed by atoms with Gasteiger partial charge in [0.2, 0.25) is 17.7 Å². The van der Waals surface area contributed by atoms with Crippen LogP contribution in [0.5, 0.6) is 0 Å². The number of carboxylic acids is 1. The van der Waals surface area contributed by atoms with Crippen molar-refractivity contribution in [1.82, 2.24) is 16.0 Å². The summed E-state index contributed by atoms with van der Waals surface area (Å²) in [4.78, 5) is 50.0. The molecule has 0 aromatic carbocycles. The molecule has 34 heavy (non-hydrogen) atoms. The van der Waals surface area contributed by atoms with Crippen LogP contribution >= 0.6 is 23.5 Å². The maximum atomic E-state index is 13.0. The molecule has 3 amide bonds. The second kappa shape index (κ2) is 18.8. The van der Waals surface area contributed by atoms with Crippen LogP contribution in [0, 0.1) is 5.92 Å². The normalized spacial score (nSPS) is 14.7. The SMILES string of the molecule is CSCCC(NC(=O)C(N)CCCCN)C(=O)NC(CCSC)C(=O)NC(CC(C)C)C(=O)O. The van der Waals surface area contributed by atoms with Crippen LogP contribution in [0.15, 0.2) is 0 Å². The van der Waals surface area contributed by atoms with Crippen LogP contribution in [0.2, 0.25) is 0 Å². The van der Waals surface area contributed by atoms with Gasteiger partial charge in [0.1, 0.15) is 18.1 Å². The number of unbranched alkanes of at least 4 members (excludes halogenated alkanes) is 1. The zero-order valence-electron chi connectivity index (χ0n) is 20.8. The van der Waals surface area contributed by atoms with E-state index in [0.717, 1.165) is 6.42 Å². The topological polar surface area (TPSA) is 177 Å². The van der Waals surface area contributed by atoms with Crippen molar-refractivity contribution in [3.05, 3.63) is 0 Å². The van der Waals surface area contributed by atoms with E-state index in [-0.39, 0.29) is 12.3 Å². The molecular weight excluding hydrogens is 478 g/mol. The molecule has 0 spiro atoms. The molecule has 0 rings (SSSR count). The van der Waals surface area contributed by atoms with Gasteiger partial charge < -0.3 is 32.5 Å². The van der Waals surface area contributed by atoms with Crippen LogP contribution in [0.3, 0.4) is 0 Å². The highest BCUT2D eigenvalue weighted by atomic mass is 32.2. The van der Waals surface area contributed by atoms with Crippen molar-refractivity contribution in [3.8, 4) is 0 Å². The van der Waals surface area contributed by atoms with Crippen molar-refractivity contribution in [3.63, 3.8) is 0 Å². The van der Waals surface area contributed by atoms with Gasteiger partial charge in [-0.25, -0.2) is 4.79 Å². The van der Waals surface area contributed by atoms with Crippen molar-refractivity contribution in [2.45, 2.75) is 76.5 Å². The smallest absolute Gasteiger partial charge is 0.326 e. The molecular formula is C22H43N5O5S2. The van der Waals surface area contributed by atoms with Crippen LogP contribution in [-0.2, 0) is 19.2 Å². The molecule has 0 radical (unpaired) electrons. The summed E-state index contributed by atoms with van der Waals surface area (Å²) in [5.74, 6) is -1.30. The number of carbonyl (C=O) groups is 4. The van der Waals surface area contributed by atoms with E-state index < -0.39 is 47.9 Å². The van der Waals surface area contributed by atoms with Crippen molar-refractivity contribution < 1.29 is 24.3 Å². The lowest BCUT2D eigenvalue weighted by Crippen LogP contribution is -2.57. The van der Waals surface area contributed by atoms with E-state index in [1.807, 2.05) is 26.4 Å².